The van der Waals surface area contributed by atoms with Crippen molar-refractivity contribution in [2.45, 2.75) is 19.4 Å². The summed E-state index contributed by atoms with van der Waals surface area (Å²) in [5.41, 5.74) is 9.07. The Bertz CT molecular complexity index is 892. The first-order valence-electron chi connectivity index (χ1n) is 8.75. The summed E-state index contributed by atoms with van der Waals surface area (Å²) in [5.74, 6) is 0.630. The lowest BCUT2D eigenvalue weighted by atomic mass is 10.1. The lowest BCUT2D eigenvalue weighted by molar-refractivity contribution is 0.0660. The van der Waals surface area contributed by atoms with Gasteiger partial charge in [-0.2, -0.15) is 4.98 Å². The van der Waals surface area contributed by atoms with E-state index in [2.05, 4.69) is 20.5 Å². The molecule has 1 aromatic carbocycles. The van der Waals surface area contributed by atoms with E-state index in [9.17, 15) is 5.11 Å². The number of halogens is 2. The van der Waals surface area contributed by atoms with Crippen LogP contribution in [0.25, 0.3) is 11.3 Å². The third kappa shape index (κ3) is 4.30. The molecule has 0 amide bonds. The number of allylic oxidation sites excluding steroid dienone is 1. The van der Waals surface area contributed by atoms with Crippen molar-refractivity contribution in [1.29, 1.82) is 0 Å². The maximum Gasteiger partial charge on any atom is 0.251 e. The number of rotatable bonds is 7. The minimum atomic E-state index is -0.574. The van der Waals surface area contributed by atoms with Crippen molar-refractivity contribution in [2.75, 3.05) is 37.4 Å². The molecule has 1 aliphatic heterocycles. The number of nitrogens with zero attached hydrogens (tertiary/aromatic N) is 4. The molecule has 8 nitrogen and oxygen atoms in total. The van der Waals surface area contributed by atoms with Crippen molar-refractivity contribution < 1.29 is 9.84 Å². The van der Waals surface area contributed by atoms with E-state index < -0.39 is 6.10 Å². The molecule has 28 heavy (non-hydrogen) atoms. The van der Waals surface area contributed by atoms with Crippen LogP contribution < -0.4 is 16.0 Å². The number of ether oxygens (including phenoxy) is 1. The molecule has 2 heterocycles. The Morgan fingerprint density at radius 3 is 2.86 bits per heavy atom. The fourth-order valence-corrected chi connectivity index (χ4v) is 3.41. The molecule has 0 bridgehead atoms. The first kappa shape index (κ1) is 20.6. The van der Waals surface area contributed by atoms with Crippen LogP contribution in [0.15, 0.2) is 29.6 Å². The van der Waals surface area contributed by atoms with Gasteiger partial charge in [-0.1, -0.05) is 35.3 Å². The lowest BCUT2D eigenvalue weighted by Gasteiger charge is -2.18. The zero-order chi connectivity index (χ0) is 20.3. The second-order valence-electron chi connectivity index (χ2n) is 6.40. The minimum Gasteiger partial charge on any atom is -0.389 e. The van der Waals surface area contributed by atoms with E-state index in [0.717, 1.165) is 17.8 Å². The van der Waals surface area contributed by atoms with Crippen LogP contribution in [0.5, 0.6) is 0 Å². The van der Waals surface area contributed by atoms with Crippen molar-refractivity contribution in [1.82, 2.24) is 20.5 Å². The zero-order valence-electron chi connectivity index (χ0n) is 15.6. The van der Waals surface area contributed by atoms with Crippen LogP contribution in [0.2, 0.25) is 10.0 Å². The molecule has 0 spiro atoms. The molecule has 1 aliphatic rings. The smallest absolute Gasteiger partial charge is 0.251 e. The van der Waals surface area contributed by atoms with Crippen molar-refractivity contribution in [3.05, 3.63) is 39.6 Å². The molecule has 0 saturated carbocycles. The van der Waals surface area contributed by atoms with E-state index >= 15 is 0 Å². The van der Waals surface area contributed by atoms with Gasteiger partial charge in [0.2, 0.25) is 0 Å². The third-order valence-electron chi connectivity index (χ3n) is 4.49. The number of methoxy groups -OCH3 is 1. The molecule has 3 rings (SSSR count). The van der Waals surface area contributed by atoms with Gasteiger partial charge in [-0.3, -0.25) is 0 Å². The molecule has 1 aromatic heterocycles. The molecular weight excluding hydrogens is 403 g/mol. The molecule has 2 aromatic rings. The van der Waals surface area contributed by atoms with Crippen molar-refractivity contribution in [2.24, 2.45) is 0 Å². The van der Waals surface area contributed by atoms with Gasteiger partial charge in [0.15, 0.2) is 5.82 Å². The lowest BCUT2D eigenvalue weighted by Crippen LogP contribution is -2.29. The SMILES string of the molecule is COC[C@@H](O)CNC1=C(C)N(c2nnc(-c3cccc(Cl)c3Cl)c(N)n2)CC1. The topological polar surface area (TPSA) is 109 Å². The molecule has 1 atom stereocenters. The summed E-state index contributed by atoms with van der Waals surface area (Å²) in [6.45, 7) is 3.33. The number of hydrogen-bond donors (Lipinski definition) is 3. The first-order chi connectivity index (χ1) is 13.4. The molecule has 10 heteroatoms. The normalized spacial score (nSPS) is 15.2. The zero-order valence-corrected chi connectivity index (χ0v) is 17.1. The number of aromatic nitrogens is 3. The van der Waals surface area contributed by atoms with Crippen LogP contribution in [-0.2, 0) is 4.74 Å². The maximum atomic E-state index is 9.80. The molecule has 4 N–H and O–H groups in total. The Labute approximate surface area is 173 Å². The summed E-state index contributed by atoms with van der Waals surface area (Å²) < 4.78 is 4.94. The number of anilines is 2. The maximum absolute atomic E-state index is 9.80. The predicted octanol–water partition coefficient (Wildman–Crippen LogP) is 2.47. The van der Waals surface area contributed by atoms with Gasteiger partial charge in [0.25, 0.3) is 5.95 Å². The number of nitrogen functional groups attached to an aromatic ring is 1. The summed E-state index contributed by atoms with van der Waals surface area (Å²) in [6, 6.07) is 5.22. The first-order valence-corrected chi connectivity index (χ1v) is 9.50. The minimum absolute atomic E-state index is 0.221. The number of nitrogens with two attached hydrogens (primary N) is 1. The van der Waals surface area contributed by atoms with Gasteiger partial charge in [0, 0.05) is 43.6 Å². The van der Waals surface area contributed by atoms with E-state index in [1.807, 2.05) is 11.8 Å². The average Bonchev–Trinajstić information content (AvgIpc) is 3.03. The Morgan fingerprint density at radius 2 is 2.14 bits per heavy atom. The Kier molecular flexibility index (Phi) is 6.56. The van der Waals surface area contributed by atoms with Crippen molar-refractivity contribution >= 4 is 35.0 Å². The van der Waals surface area contributed by atoms with Crippen LogP contribution in [0.4, 0.5) is 11.8 Å². The van der Waals surface area contributed by atoms with Gasteiger partial charge in [0.1, 0.15) is 5.69 Å². The molecule has 0 unspecified atom stereocenters. The monoisotopic (exact) mass is 424 g/mol. The van der Waals surface area contributed by atoms with Crippen molar-refractivity contribution in [3.8, 4) is 11.3 Å². The van der Waals surface area contributed by atoms with Crippen LogP contribution in [0.3, 0.4) is 0 Å². The number of benzene rings is 1. The van der Waals surface area contributed by atoms with E-state index in [0.29, 0.717) is 40.3 Å². The number of aliphatic hydroxyl groups is 1. The highest BCUT2D eigenvalue weighted by molar-refractivity contribution is 6.43. The molecule has 0 radical (unpaired) electrons. The largest absolute Gasteiger partial charge is 0.389 e. The summed E-state index contributed by atoms with van der Waals surface area (Å²) >= 11 is 12.3. The summed E-state index contributed by atoms with van der Waals surface area (Å²) in [7, 11) is 1.56. The molecule has 0 saturated heterocycles. The van der Waals surface area contributed by atoms with Crippen LogP contribution >= 0.6 is 23.2 Å². The highest BCUT2D eigenvalue weighted by Gasteiger charge is 2.24. The molecule has 0 aliphatic carbocycles. The quantitative estimate of drug-likeness (QED) is 0.621. The summed E-state index contributed by atoms with van der Waals surface area (Å²) in [5, 5.41) is 22.3. The fourth-order valence-electron chi connectivity index (χ4n) is 3.02. The van der Waals surface area contributed by atoms with Gasteiger partial charge in [-0.15, -0.1) is 10.2 Å². The van der Waals surface area contributed by atoms with Gasteiger partial charge in [-0.05, 0) is 13.0 Å². The van der Waals surface area contributed by atoms with Gasteiger partial charge >= 0.3 is 0 Å². The molecular formula is C18H22Cl2N6O2. The number of nitrogens with one attached hydrogen (secondary N) is 1. The predicted molar refractivity (Wildman–Crippen MR) is 110 cm³/mol. The Hall–Kier alpha value is -2.13. The van der Waals surface area contributed by atoms with E-state index in [1.54, 1.807) is 25.3 Å². The number of aliphatic hydroxyl groups excluding tert-OH is 1. The molecule has 0 fully saturated rings. The van der Waals surface area contributed by atoms with Gasteiger partial charge < -0.3 is 25.8 Å². The van der Waals surface area contributed by atoms with Crippen molar-refractivity contribution in [3.63, 3.8) is 0 Å². The highest BCUT2D eigenvalue weighted by atomic mass is 35.5. The van der Waals surface area contributed by atoms with Crippen LogP contribution in [-0.4, -0.2) is 53.2 Å². The Balaban J connectivity index is 1.79. The van der Waals surface area contributed by atoms with Gasteiger partial charge in [0.05, 0.1) is 22.8 Å². The summed E-state index contributed by atoms with van der Waals surface area (Å²) in [4.78, 5) is 6.34. The molecule has 150 valence electrons. The third-order valence-corrected chi connectivity index (χ3v) is 5.31. The summed E-state index contributed by atoms with van der Waals surface area (Å²) in [6.07, 6.45) is 0.200. The van der Waals surface area contributed by atoms with E-state index in [-0.39, 0.29) is 12.4 Å². The number of hydrogen-bond acceptors (Lipinski definition) is 8. The second kappa shape index (κ2) is 8.91. The van der Waals surface area contributed by atoms with Gasteiger partial charge in [-0.25, -0.2) is 0 Å². The Morgan fingerprint density at radius 1 is 1.36 bits per heavy atom. The van der Waals surface area contributed by atoms with Crippen LogP contribution in [0.1, 0.15) is 13.3 Å². The van der Waals surface area contributed by atoms with E-state index in [4.69, 9.17) is 33.7 Å². The van der Waals surface area contributed by atoms with E-state index in [1.165, 1.54) is 0 Å². The second-order valence-corrected chi connectivity index (χ2v) is 7.19. The highest BCUT2D eigenvalue weighted by Crippen LogP contribution is 2.35. The fraction of sp³-hybridized carbons (Fsp3) is 0.389. The standard InChI is InChI=1S/C18H22Cl2N6O2/c1-10-14(22-8-11(27)9-28-2)6-7-26(10)18-23-17(21)16(24-25-18)12-4-3-5-13(19)15(12)20/h3-5,11,22,27H,6-9H2,1-2H3,(H2,21,23,25)/t11-/m0/s1. The average molecular weight is 425 g/mol. The van der Waals surface area contributed by atoms with Crippen LogP contribution in [0, 0.1) is 0 Å².